The molecule has 26 nitrogen and oxygen atoms in total. The van der Waals surface area contributed by atoms with Crippen molar-refractivity contribution in [3.63, 3.8) is 0 Å². The van der Waals surface area contributed by atoms with Crippen molar-refractivity contribution in [1.29, 1.82) is 0 Å². The fraction of sp³-hybridized carbons (Fsp3) is 0.582. The molecule has 0 aliphatic carbocycles. The summed E-state index contributed by atoms with van der Waals surface area (Å²) >= 11 is 0. The number of carbonyl (C=O) groups excluding carboxylic acids is 9. The highest BCUT2D eigenvalue weighted by molar-refractivity contribution is 6.07. The molecule has 3 aromatic rings. The largest absolute Gasteiger partial charge is 0.494 e. The summed E-state index contributed by atoms with van der Waals surface area (Å²) in [5.74, 6) is -5.09. The molecule has 0 unspecified atom stereocenters. The van der Waals surface area contributed by atoms with E-state index >= 15 is 0 Å². The summed E-state index contributed by atoms with van der Waals surface area (Å²) in [7, 11) is 1.17. The summed E-state index contributed by atoms with van der Waals surface area (Å²) < 4.78 is 49.2. The van der Waals surface area contributed by atoms with Crippen molar-refractivity contribution < 1.29 is 80.8 Å². The zero-order chi connectivity index (χ0) is 68.7. The second-order valence-electron chi connectivity index (χ2n) is 24.3. The Kier molecular flexibility index (Phi) is 31.3. The van der Waals surface area contributed by atoms with Crippen LogP contribution in [-0.4, -0.2) is 255 Å². The Morgan fingerprint density at radius 2 is 1.47 bits per heavy atom. The van der Waals surface area contributed by atoms with Crippen LogP contribution in [0, 0.1) is 25.2 Å². The average Bonchev–Trinajstić information content (AvgIpc) is 1.68. The number of nitrogens with one attached hydrogen (secondary N) is 3. The van der Waals surface area contributed by atoms with E-state index in [0.717, 1.165) is 17.7 Å². The molecule has 4 heterocycles. The molecular formula is C67H91F2N11O15. The van der Waals surface area contributed by atoms with Crippen LogP contribution in [0.3, 0.4) is 0 Å². The summed E-state index contributed by atoms with van der Waals surface area (Å²) in [5, 5.41) is 18.4. The molecule has 2 aromatic carbocycles. The van der Waals surface area contributed by atoms with Crippen LogP contribution in [0.2, 0.25) is 0 Å². The van der Waals surface area contributed by atoms with E-state index in [2.05, 4.69) is 44.0 Å². The first-order chi connectivity index (χ1) is 45.6. The van der Waals surface area contributed by atoms with Gasteiger partial charge < -0.3 is 49.8 Å². The van der Waals surface area contributed by atoms with Crippen molar-refractivity contribution in [3.8, 4) is 18.1 Å². The molecule has 1 aromatic heterocycles. The van der Waals surface area contributed by atoms with Gasteiger partial charge in [0.15, 0.2) is 0 Å². The standard InChI is InChI=1S/C67H91F2N11O15/c1-5-52-39-67(68,69)43-80(52)61(85)40-72-64(89)55-20-24-71-57-19-18-54(37-56(55)57)95-35-9-11-51-21-25-79(26-22-51)66(91)59(38-63(88)92-4)74-65(90)58(13-6-7-23-70-49(3)36-53(83)12-8-10-50-16-14-48(2)15-17-50)73-60(84)41-75-27-28-76(42-62(86)87)30-32-78(45-94-47-82)34-33-77(31-29-75)44-93-46-81/h1,14-20,24,37,46-47,51-52,58-59H,6-13,21-23,25-36,38-45H2,2-4H3,(H,72,89)(H,73,84)(H,74,90)(H,86,87)/b70-49+/t52-,58-,59-/m0/s1. The van der Waals surface area contributed by atoms with Crippen LogP contribution in [0.5, 0.6) is 5.75 Å². The topological polar surface area (TPSA) is 309 Å². The van der Waals surface area contributed by atoms with Crippen LogP contribution in [0.15, 0.2) is 59.7 Å². The van der Waals surface area contributed by atoms with Crippen LogP contribution >= 0.6 is 0 Å². The number of benzene rings is 2. The molecule has 3 atom stereocenters. The number of aryl methyl sites for hydroxylation is 2. The smallest absolute Gasteiger partial charge is 0.317 e. The Morgan fingerprint density at radius 3 is 2.11 bits per heavy atom. The third-order valence-electron chi connectivity index (χ3n) is 17.0. The summed E-state index contributed by atoms with van der Waals surface area (Å²) in [4.78, 5) is 148. The molecule has 0 saturated carbocycles. The maximum Gasteiger partial charge on any atom is 0.317 e. The van der Waals surface area contributed by atoms with E-state index in [0.29, 0.717) is 133 Å². The van der Waals surface area contributed by atoms with Crippen molar-refractivity contribution in [2.75, 3.05) is 125 Å². The van der Waals surface area contributed by atoms with Gasteiger partial charge in [-0.05, 0) is 107 Å². The molecule has 3 aliphatic rings. The average molecular weight is 1330 g/mol. The van der Waals surface area contributed by atoms with Gasteiger partial charge in [0.25, 0.3) is 24.8 Å². The summed E-state index contributed by atoms with van der Waals surface area (Å²) in [5.41, 5.74) is 3.69. The first-order valence-corrected chi connectivity index (χ1v) is 32.3. The fourth-order valence-electron chi connectivity index (χ4n) is 11.7. The van der Waals surface area contributed by atoms with Gasteiger partial charge in [-0.15, -0.1) is 6.42 Å². The van der Waals surface area contributed by atoms with E-state index in [1.165, 1.54) is 30.5 Å². The molecule has 3 fully saturated rings. The number of nitrogens with zero attached hydrogens (tertiary/aromatic N) is 8. The van der Waals surface area contributed by atoms with Crippen molar-refractivity contribution >= 4 is 76.8 Å². The number of fused-ring (bicyclic) bond motifs is 1. The van der Waals surface area contributed by atoms with Gasteiger partial charge in [-0.3, -0.25) is 77.5 Å². The van der Waals surface area contributed by atoms with Crippen LogP contribution in [0.1, 0.15) is 105 Å². The van der Waals surface area contributed by atoms with Gasteiger partial charge in [-0.25, -0.2) is 8.78 Å². The number of amides is 5. The van der Waals surface area contributed by atoms with Crippen molar-refractivity contribution in [1.82, 2.24) is 50.3 Å². The molecule has 3 aliphatic heterocycles. The molecule has 6 rings (SSSR count). The molecule has 95 heavy (non-hydrogen) atoms. The highest BCUT2D eigenvalue weighted by Gasteiger charge is 2.46. The lowest BCUT2D eigenvalue weighted by atomic mass is 9.92. The number of ether oxygens (including phenoxy) is 4. The number of terminal acetylenes is 1. The number of Topliss-reactive ketones (excluding diaryl/α,β-unsaturated/α-hetero) is 1. The number of carboxylic acids is 1. The number of hydrogen-bond donors (Lipinski definition) is 4. The normalized spacial score (nSPS) is 17.8. The number of esters is 1. The van der Waals surface area contributed by atoms with Gasteiger partial charge in [-0.2, -0.15) is 0 Å². The molecule has 0 spiro atoms. The number of aliphatic carboxylic acids is 1. The molecule has 4 N–H and O–H groups in total. The number of carboxylic acid groups (broad SMARTS) is 1. The predicted octanol–water partition coefficient (Wildman–Crippen LogP) is 3.25. The second-order valence-corrected chi connectivity index (χ2v) is 24.3. The van der Waals surface area contributed by atoms with E-state index in [-0.39, 0.29) is 82.8 Å². The Bertz CT molecular complexity index is 3140. The van der Waals surface area contributed by atoms with Crippen LogP contribution in [-0.2, 0) is 63.8 Å². The maximum atomic E-state index is 14.6. The summed E-state index contributed by atoms with van der Waals surface area (Å²) in [6.45, 7) is 6.05. The van der Waals surface area contributed by atoms with Gasteiger partial charge >= 0.3 is 11.9 Å². The van der Waals surface area contributed by atoms with Gasteiger partial charge in [0, 0.05) is 109 Å². The third-order valence-corrected chi connectivity index (χ3v) is 17.0. The molecule has 0 radical (unpaired) electrons. The number of aromatic nitrogens is 1. The number of unbranched alkanes of at least 4 members (excludes halogenated alkanes) is 1. The predicted molar refractivity (Wildman–Crippen MR) is 346 cm³/mol. The molecule has 0 bridgehead atoms. The van der Waals surface area contributed by atoms with E-state index in [4.69, 9.17) is 25.4 Å². The number of carbonyl (C=O) groups is 10. The number of ketones is 1. The van der Waals surface area contributed by atoms with Crippen LogP contribution in [0.4, 0.5) is 8.78 Å². The molecular weight excluding hydrogens is 1240 g/mol. The minimum Gasteiger partial charge on any atom is -0.494 e. The van der Waals surface area contributed by atoms with E-state index < -0.39 is 91.5 Å². The number of rotatable bonds is 35. The van der Waals surface area contributed by atoms with Gasteiger partial charge in [0.05, 0.1) is 63.4 Å². The number of pyridine rings is 1. The Labute approximate surface area is 553 Å². The lowest BCUT2D eigenvalue weighted by molar-refractivity contribution is -0.147. The zero-order valence-electron chi connectivity index (χ0n) is 54.7. The Balaban J connectivity index is 1.06. The molecule has 3 saturated heterocycles. The number of piperidine rings is 1. The number of alkyl halides is 2. The second kappa shape index (κ2) is 39.4. The third kappa shape index (κ3) is 26.3. The summed E-state index contributed by atoms with van der Waals surface area (Å²) in [6, 6.07) is 11.1. The monoisotopic (exact) mass is 1330 g/mol. The van der Waals surface area contributed by atoms with Gasteiger partial charge in [0.1, 0.15) is 37.1 Å². The number of aliphatic imine (C=N–C) groups is 1. The summed E-state index contributed by atoms with van der Waals surface area (Å²) in [6.07, 6.45) is 11.4. The molecule has 28 heteroatoms. The van der Waals surface area contributed by atoms with Crippen molar-refractivity contribution in [3.05, 3.63) is 71.4 Å². The van der Waals surface area contributed by atoms with Gasteiger partial charge in [0.2, 0.25) is 23.6 Å². The number of halogens is 2. The fourth-order valence-corrected chi connectivity index (χ4v) is 11.7. The van der Waals surface area contributed by atoms with E-state index in [1.807, 2.05) is 28.9 Å². The highest BCUT2D eigenvalue weighted by atomic mass is 19.3. The number of methoxy groups -OCH3 is 1. The lowest BCUT2D eigenvalue weighted by Gasteiger charge is -2.34. The lowest BCUT2D eigenvalue weighted by Crippen LogP contribution is -2.56. The van der Waals surface area contributed by atoms with Crippen LogP contribution < -0.4 is 20.7 Å². The van der Waals surface area contributed by atoms with Crippen molar-refractivity contribution in [2.24, 2.45) is 10.9 Å². The van der Waals surface area contributed by atoms with E-state index in [9.17, 15) is 61.8 Å². The van der Waals surface area contributed by atoms with Crippen molar-refractivity contribution in [2.45, 2.75) is 121 Å². The SMILES string of the molecule is C#C[C@H]1CC(F)(F)CN1C(=O)CNC(=O)c1ccnc2ccc(OCCCC3CCN(C(=O)[C@H](CC(=O)OC)NC(=O)[C@H](CCCC/N=C(\C)CC(=O)CCCc4ccc(C)cc4)NC(=O)CN4CCN(COC=O)CCN(COC=O)CCN(CC(=O)O)CC4)CC3)cc12. The number of likely N-dealkylation sites (tertiary alicyclic amines) is 2. The first-order valence-electron chi connectivity index (χ1n) is 32.3. The first kappa shape index (κ1) is 75.5. The molecule has 518 valence electrons. The quantitative estimate of drug-likeness (QED) is 0.0164. The minimum atomic E-state index is -3.12. The zero-order valence-corrected chi connectivity index (χ0v) is 54.7. The van der Waals surface area contributed by atoms with Crippen LogP contribution in [0.25, 0.3) is 10.9 Å². The Morgan fingerprint density at radius 1 is 0.821 bits per heavy atom. The highest BCUT2D eigenvalue weighted by Crippen LogP contribution is 2.32. The minimum absolute atomic E-state index is 0.0413. The molecule has 5 amide bonds. The van der Waals surface area contributed by atoms with Gasteiger partial charge in [-0.1, -0.05) is 35.7 Å². The Hall–Kier alpha value is -8.52. The van der Waals surface area contributed by atoms with E-state index in [1.54, 1.807) is 39.8 Å². The number of hydrogen-bond acceptors (Lipinski definition) is 20. The maximum absolute atomic E-state index is 14.6.